The van der Waals surface area contributed by atoms with Crippen molar-refractivity contribution < 1.29 is 57.5 Å². The number of nitrogens with zero attached hydrogens (tertiary/aromatic N) is 2. The molecule has 1 saturated heterocycles. The second-order valence-corrected chi connectivity index (χ2v) is 11.5. The van der Waals surface area contributed by atoms with Crippen molar-refractivity contribution in [2.24, 2.45) is 0 Å². The van der Waals surface area contributed by atoms with Gasteiger partial charge < -0.3 is 40.1 Å². The van der Waals surface area contributed by atoms with E-state index in [0.717, 1.165) is 18.2 Å². The van der Waals surface area contributed by atoms with E-state index < -0.39 is 68.4 Å². The van der Waals surface area contributed by atoms with Crippen LogP contribution in [0.2, 0.25) is 0 Å². The summed E-state index contributed by atoms with van der Waals surface area (Å²) in [6.45, 7) is 1.73. The lowest BCUT2D eigenvalue weighted by atomic mass is 9.72. The minimum atomic E-state index is -4.65. The number of halogens is 1. The van der Waals surface area contributed by atoms with Gasteiger partial charge >= 0.3 is 38.5 Å². The smallest absolute Gasteiger partial charge is 0.534 e. The third-order valence-corrected chi connectivity index (χ3v) is 7.68. The van der Waals surface area contributed by atoms with Crippen molar-refractivity contribution >= 4 is 44.4 Å². The molecule has 2 aromatic carbocycles. The number of rotatable bonds is 8. The summed E-state index contributed by atoms with van der Waals surface area (Å²) in [6.07, 6.45) is -1.02. The molecule has 1 fully saturated rings. The lowest BCUT2D eigenvalue weighted by molar-refractivity contribution is -0.153. The van der Waals surface area contributed by atoms with Crippen LogP contribution in [0.4, 0.5) is 9.18 Å². The number of fused-ring (bicyclic) bond motifs is 1. The normalized spacial score (nSPS) is 17.6. The standard InChI is InChI=1S/C25H27BFN4O11P/c1-2-30-8-9-31(23(34)22(30)33)25(37)29-19(13-6-7-15(17(27)10-13)12-43(39,40)41)21(32)28-18-11-14-4-3-5-16(24(35)36)20(14)42-26(18)38/h3-7,10,18-19,38H,2,8-9,11-12H2,1H3,(H,28,32)(H,29,37)(H,35,36)(H2,39,40,41)/t18-,19+/m0/s1. The maximum Gasteiger partial charge on any atom is 0.547 e. The predicted octanol–water partition coefficient (Wildman–Crippen LogP) is -0.217. The van der Waals surface area contributed by atoms with Crippen LogP contribution in [0.15, 0.2) is 36.4 Å². The van der Waals surface area contributed by atoms with Crippen LogP contribution < -0.4 is 15.3 Å². The van der Waals surface area contributed by atoms with Crippen LogP contribution in [0.1, 0.15) is 40.0 Å². The Morgan fingerprint density at radius 3 is 2.51 bits per heavy atom. The quantitative estimate of drug-likeness (QED) is 0.129. The molecule has 2 heterocycles. The minimum absolute atomic E-state index is 0.0421. The fraction of sp³-hybridized carbons (Fsp3) is 0.320. The van der Waals surface area contributed by atoms with Crippen LogP contribution in [0.3, 0.4) is 0 Å². The molecule has 0 aliphatic carbocycles. The van der Waals surface area contributed by atoms with Gasteiger partial charge in [-0.25, -0.2) is 14.0 Å². The van der Waals surface area contributed by atoms with Crippen molar-refractivity contribution in [3.05, 3.63) is 64.5 Å². The molecule has 18 heteroatoms. The Balaban J connectivity index is 1.61. The maximum atomic E-state index is 14.9. The first kappa shape index (κ1) is 31.6. The number of nitrogens with one attached hydrogen (secondary N) is 2. The van der Waals surface area contributed by atoms with Crippen molar-refractivity contribution in [1.29, 1.82) is 0 Å². The zero-order valence-electron chi connectivity index (χ0n) is 22.6. The van der Waals surface area contributed by atoms with Crippen LogP contribution in [0, 0.1) is 5.82 Å². The van der Waals surface area contributed by atoms with E-state index >= 15 is 0 Å². The number of benzene rings is 2. The van der Waals surface area contributed by atoms with Gasteiger partial charge in [0.15, 0.2) is 0 Å². The van der Waals surface area contributed by atoms with Gasteiger partial charge in [0.2, 0.25) is 5.91 Å². The summed E-state index contributed by atoms with van der Waals surface area (Å²) in [5.74, 6) is -6.73. The maximum absolute atomic E-state index is 14.9. The van der Waals surface area contributed by atoms with Gasteiger partial charge in [-0.2, -0.15) is 0 Å². The Labute approximate surface area is 243 Å². The van der Waals surface area contributed by atoms with Crippen LogP contribution >= 0.6 is 7.60 Å². The van der Waals surface area contributed by atoms with Gasteiger partial charge in [-0.3, -0.25) is 23.8 Å². The number of amides is 5. The van der Waals surface area contributed by atoms with Crippen LogP contribution in [0.25, 0.3) is 0 Å². The molecule has 0 saturated carbocycles. The van der Waals surface area contributed by atoms with Crippen LogP contribution in [-0.4, -0.2) is 92.1 Å². The number of carboxylic acid groups (broad SMARTS) is 1. The fourth-order valence-corrected chi connectivity index (χ4v) is 5.45. The van der Waals surface area contributed by atoms with Crippen LogP contribution in [-0.2, 0) is 31.5 Å². The molecule has 43 heavy (non-hydrogen) atoms. The van der Waals surface area contributed by atoms with Gasteiger partial charge in [-0.05, 0) is 42.2 Å². The van der Waals surface area contributed by atoms with Crippen molar-refractivity contribution in [2.45, 2.75) is 31.5 Å². The summed E-state index contributed by atoms with van der Waals surface area (Å²) in [5, 5.41) is 24.7. The van der Waals surface area contributed by atoms with Gasteiger partial charge in [0.25, 0.3) is 0 Å². The van der Waals surface area contributed by atoms with E-state index in [9.17, 15) is 52.8 Å². The first-order chi connectivity index (χ1) is 20.2. The molecule has 2 aromatic rings. The van der Waals surface area contributed by atoms with Gasteiger partial charge in [0.1, 0.15) is 17.6 Å². The highest BCUT2D eigenvalue weighted by molar-refractivity contribution is 7.50. The molecular weight excluding hydrogens is 593 g/mol. The average Bonchev–Trinajstić information content (AvgIpc) is 2.93. The molecule has 4 rings (SSSR count). The highest BCUT2D eigenvalue weighted by Crippen LogP contribution is 2.40. The van der Waals surface area contributed by atoms with Crippen molar-refractivity contribution in [1.82, 2.24) is 20.4 Å². The number of likely N-dealkylation sites (N-methyl/N-ethyl adjacent to an activating group) is 1. The first-order valence-electron chi connectivity index (χ1n) is 12.9. The summed E-state index contributed by atoms with van der Waals surface area (Å²) in [5.41, 5.74) is -0.411. The monoisotopic (exact) mass is 620 g/mol. The van der Waals surface area contributed by atoms with E-state index in [1.165, 1.54) is 23.1 Å². The number of aromatic carboxylic acids is 1. The molecule has 0 radical (unpaired) electrons. The lowest BCUT2D eigenvalue weighted by Crippen LogP contribution is -2.60. The SMILES string of the molecule is CCN1CCN(C(=O)N[C@@H](C(=O)N[C@H]2Cc3cccc(C(=O)O)c3OB2O)c2ccc(CP(=O)(O)O)c(F)c2)C(=O)C1=O. The minimum Gasteiger partial charge on any atom is -0.534 e. The third-order valence-electron chi connectivity index (χ3n) is 6.93. The number of urea groups is 1. The molecule has 0 aromatic heterocycles. The molecule has 0 bridgehead atoms. The highest BCUT2D eigenvalue weighted by atomic mass is 31.2. The van der Waals surface area contributed by atoms with Gasteiger partial charge in [-0.15, -0.1) is 0 Å². The molecule has 5 amide bonds. The van der Waals surface area contributed by atoms with Gasteiger partial charge in [0, 0.05) is 19.6 Å². The second-order valence-electron chi connectivity index (χ2n) is 9.82. The largest absolute Gasteiger partial charge is 0.547 e. The number of hydrogen-bond donors (Lipinski definition) is 6. The van der Waals surface area contributed by atoms with E-state index in [2.05, 4.69) is 10.6 Å². The zero-order chi connectivity index (χ0) is 31.6. The number of carbonyl (C=O) groups is 5. The zero-order valence-corrected chi connectivity index (χ0v) is 23.5. The van der Waals surface area contributed by atoms with Crippen molar-refractivity contribution in [3.8, 4) is 5.75 Å². The third kappa shape index (κ3) is 7.02. The number of carboxylic acids is 1. The molecule has 15 nitrogen and oxygen atoms in total. The van der Waals surface area contributed by atoms with E-state index in [-0.39, 0.29) is 48.5 Å². The molecule has 6 N–H and O–H groups in total. The van der Waals surface area contributed by atoms with Crippen molar-refractivity contribution in [2.75, 3.05) is 19.6 Å². The van der Waals surface area contributed by atoms with E-state index in [0.29, 0.717) is 10.5 Å². The first-order valence-corrected chi connectivity index (χ1v) is 14.7. The Morgan fingerprint density at radius 2 is 1.88 bits per heavy atom. The summed E-state index contributed by atoms with van der Waals surface area (Å²) >= 11 is 0. The van der Waals surface area contributed by atoms with E-state index in [1.807, 2.05) is 0 Å². The summed E-state index contributed by atoms with van der Waals surface area (Å²) in [4.78, 5) is 83.3. The number of hydrogen-bond acceptors (Lipinski definition) is 8. The Morgan fingerprint density at radius 1 is 1.16 bits per heavy atom. The molecule has 0 spiro atoms. The molecule has 2 atom stereocenters. The molecule has 0 unspecified atom stereocenters. The molecule has 2 aliphatic rings. The average molecular weight is 620 g/mol. The predicted molar refractivity (Wildman–Crippen MR) is 145 cm³/mol. The Bertz CT molecular complexity index is 1540. The Kier molecular flexibility index (Phi) is 9.20. The highest BCUT2D eigenvalue weighted by Gasteiger charge is 2.41. The lowest BCUT2D eigenvalue weighted by Gasteiger charge is -2.33. The van der Waals surface area contributed by atoms with E-state index in [4.69, 9.17) is 4.65 Å². The van der Waals surface area contributed by atoms with Crippen LogP contribution in [0.5, 0.6) is 5.75 Å². The van der Waals surface area contributed by atoms with Gasteiger partial charge in [0.05, 0.1) is 17.7 Å². The number of piperazine rings is 1. The number of para-hydroxylation sites is 1. The Hall–Kier alpha value is -4.31. The van der Waals surface area contributed by atoms with Gasteiger partial charge in [-0.1, -0.05) is 24.3 Å². The summed E-state index contributed by atoms with van der Waals surface area (Å²) in [7, 11) is -6.37. The topological polar surface area (TPSA) is 223 Å². The van der Waals surface area contributed by atoms with E-state index in [1.54, 1.807) is 6.92 Å². The molecule has 228 valence electrons. The molecular formula is C25H27BFN4O11P. The number of carbonyl (C=O) groups excluding carboxylic acids is 4. The summed E-state index contributed by atoms with van der Waals surface area (Å²) < 4.78 is 31.6. The number of imide groups is 1. The van der Waals surface area contributed by atoms with Crippen molar-refractivity contribution in [3.63, 3.8) is 0 Å². The second kappa shape index (κ2) is 12.5. The fourth-order valence-electron chi connectivity index (χ4n) is 4.75. The molecule has 2 aliphatic heterocycles. The summed E-state index contributed by atoms with van der Waals surface area (Å²) in [6, 6.07) is 4.32.